The smallest absolute Gasteiger partial charge is 0.145 e. The van der Waals surface area contributed by atoms with Gasteiger partial charge in [0.05, 0.1) is 19.9 Å². The highest BCUT2D eigenvalue weighted by Crippen LogP contribution is 2.38. The lowest BCUT2D eigenvalue weighted by Gasteiger charge is -2.28. The van der Waals surface area contributed by atoms with E-state index in [1.54, 1.807) is 14.2 Å². The molecule has 0 bridgehead atoms. The zero-order chi connectivity index (χ0) is 14.7. The molecule has 1 unspecified atom stereocenters. The van der Waals surface area contributed by atoms with Crippen LogP contribution in [0.25, 0.3) is 0 Å². The molecule has 0 radical (unpaired) electrons. The van der Waals surface area contributed by atoms with E-state index in [2.05, 4.69) is 41.7 Å². The van der Waals surface area contributed by atoms with Crippen LogP contribution in [0.3, 0.4) is 0 Å². The van der Waals surface area contributed by atoms with Gasteiger partial charge in [-0.1, -0.05) is 30.3 Å². The van der Waals surface area contributed by atoms with Crippen LogP contribution in [-0.4, -0.2) is 20.8 Å². The Hall–Kier alpha value is -2.16. The lowest BCUT2D eigenvalue weighted by molar-refractivity contribution is 0.392. The highest BCUT2D eigenvalue weighted by molar-refractivity contribution is 5.66. The molecule has 1 aliphatic heterocycles. The number of rotatable bonds is 4. The van der Waals surface area contributed by atoms with Gasteiger partial charge >= 0.3 is 0 Å². The highest BCUT2D eigenvalue weighted by atomic mass is 16.5. The third kappa shape index (κ3) is 2.97. The van der Waals surface area contributed by atoms with Gasteiger partial charge in [-0.15, -0.1) is 0 Å². The molecule has 0 fully saturated rings. The van der Waals surface area contributed by atoms with Gasteiger partial charge in [-0.25, -0.2) is 0 Å². The summed E-state index contributed by atoms with van der Waals surface area (Å²) in [6.45, 7) is 0.977. The normalized spacial score (nSPS) is 16.8. The van der Waals surface area contributed by atoms with Crippen molar-refractivity contribution in [1.29, 1.82) is 0 Å². The van der Waals surface area contributed by atoms with Crippen molar-refractivity contribution in [3.05, 3.63) is 53.6 Å². The van der Waals surface area contributed by atoms with Gasteiger partial charge in [-0.05, 0) is 36.0 Å². The summed E-state index contributed by atoms with van der Waals surface area (Å²) < 4.78 is 10.8. The number of methoxy groups -OCH3 is 2. The van der Waals surface area contributed by atoms with E-state index in [1.807, 2.05) is 6.07 Å². The average Bonchev–Trinajstić information content (AvgIpc) is 2.54. The van der Waals surface area contributed by atoms with Crippen molar-refractivity contribution in [2.45, 2.75) is 12.8 Å². The Bertz CT molecular complexity index is 610. The minimum atomic E-state index is 0.594. The van der Waals surface area contributed by atoms with Crippen LogP contribution >= 0.6 is 0 Å². The van der Waals surface area contributed by atoms with Crippen LogP contribution in [0.15, 0.2) is 42.5 Å². The topological polar surface area (TPSA) is 30.5 Å². The van der Waals surface area contributed by atoms with Crippen LogP contribution < -0.4 is 14.8 Å². The zero-order valence-corrected chi connectivity index (χ0v) is 12.6. The lowest BCUT2D eigenvalue weighted by Crippen LogP contribution is -2.25. The molecule has 21 heavy (non-hydrogen) atoms. The predicted molar refractivity (Wildman–Crippen MR) is 85.4 cm³/mol. The lowest BCUT2D eigenvalue weighted by atomic mass is 9.88. The summed E-state index contributed by atoms with van der Waals surface area (Å²) in [7, 11) is 3.39. The van der Waals surface area contributed by atoms with Crippen LogP contribution in [0, 0.1) is 5.92 Å². The van der Waals surface area contributed by atoms with Crippen LogP contribution in [0.1, 0.15) is 11.1 Å². The molecule has 1 aliphatic rings. The van der Waals surface area contributed by atoms with Gasteiger partial charge in [0.25, 0.3) is 0 Å². The molecule has 0 spiro atoms. The quantitative estimate of drug-likeness (QED) is 0.931. The first-order chi connectivity index (χ1) is 10.3. The Balaban J connectivity index is 1.81. The van der Waals surface area contributed by atoms with Crippen LogP contribution in [0.5, 0.6) is 11.5 Å². The van der Waals surface area contributed by atoms with Crippen molar-refractivity contribution in [3.63, 3.8) is 0 Å². The number of benzene rings is 2. The summed E-state index contributed by atoms with van der Waals surface area (Å²) in [6, 6.07) is 14.7. The van der Waals surface area contributed by atoms with E-state index in [0.717, 1.165) is 36.6 Å². The number of nitrogens with one attached hydrogen (secondary N) is 1. The summed E-state index contributed by atoms with van der Waals surface area (Å²) in [4.78, 5) is 0. The van der Waals surface area contributed by atoms with Crippen molar-refractivity contribution in [2.24, 2.45) is 5.92 Å². The molecule has 2 aromatic carbocycles. The average molecular weight is 283 g/mol. The van der Waals surface area contributed by atoms with Crippen LogP contribution in [0.4, 0.5) is 5.69 Å². The number of hydrogen-bond donors (Lipinski definition) is 1. The first kappa shape index (κ1) is 13.8. The van der Waals surface area contributed by atoms with Gasteiger partial charge < -0.3 is 14.8 Å². The molecule has 1 atom stereocenters. The summed E-state index contributed by atoms with van der Waals surface area (Å²) in [5.74, 6) is 2.31. The maximum Gasteiger partial charge on any atom is 0.145 e. The Kier molecular flexibility index (Phi) is 4.00. The van der Waals surface area contributed by atoms with E-state index in [1.165, 1.54) is 11.1 Å². The molecule has 0 saturated carbocycles. The molecule has 1 N–H and O–H groups in total. The van der Waals surface area contributed by atoms with E-state index in [-0.39, 0.29) is 0 Å². The van der Waals surface area contributed by atoms with E-state index in [4.69, 9.17) is 9.47 Å². The van der Waals surface area contributed by atoms with Crippen LogP contribution in [0.2, 0.25) is 0 Å². The second-order valence-corrected chi connectivity index (χ2v) is 5.50. The molecule has 2 aromatic rings. The fourth-order valence-corrected chi connectivity index (χ4v) is 3.01. The van der Waals surface area contributed by atoms with Gasteiger partial charge in [0, 0.05) is 12.6 Å². The minimum Gasteiger partial charge on any atom is -0.497 e. The van der Waals surface area contributed by atoms with Gasteiger partial charge in [0.1, 0.15) is 11.5 Å². The molecule has 110 valence electrons. The molecule has 3 heteroatoms. The zero-order valence-electron chi connectivity index (χ0n) is 12.6. The Labute approximate surface area is 125 Å². The van der Waals surface area contributed by atoms with Crippen LogP contribution in [-0.2, 0) is 12.8 Å². The molecule has 0 saturated heterocycles. The molecule has 3 nitrogen and oxygen atoms in total. The van der Waals surface area contributed by atoms with Crippen molar-refractivity contribution < 1.29 is 9.47 Å². The highest BCUT2D eigenvalue weighted by Gasteiger charge is 2.22. The molecule has 3 rings (SSSR count). The van der Waals surface area contributed by atoms with E-state index in [0.29, 0.717) is 5.92 Å². The number of fused-ring (bicyclic) bond motifs is 1. The number of hydrogen-bond acceptors (Lipinski definition) is 3. The van der Waals surface area contributed by atoms with E-state index >= 15 is 0 Å². The maximum atomic E-state index is 5.47. The first-order valence-electron chi connectivity index (χ1n) is 7.33. The third-order valence-corrected chi connectivity index (χ3v) is 4.06. The monoisotopic (exact) mass is 283 g/mol. The van der Waals surface area contributed by atoms with Crippen molar-refractivity contribution in [1.82, 2.24) is 0 Å². The van der Waals surface area contributed by atoms with E-state index < -0.39 is 0 Å². The summed E-state index contributed by atoms with van der Waals surface area (Å²) in [5, 5.41) is 3.52. The molecular formula is C18H21NO2. The summed E-state index contributed by atoms with van der Waals surface area (Å²) in [6.07, 6.45) is 2.14. The largest absolute Gasteiger partial charge is 0.497 e. The van der Waals surface area contributed by atoms with Gasteiger partial charge in [-0.3, -0.25) is 0 Å². The fourth-order valence-electron chi connectivity index (χ4n) is 3.01. The second kappa shape index (κ2) is 6.08. The standard InChI is InChI=1S/C18H21NO2/c1-20-16-10-15-9-14(8-13-6-4-3-5-7-13)12-19-18(15)17(11-16)21-2/h3-7,10-11,14,19H,8-9,12H2,1-2H3. The maximum absolute atomic E-state index is 5.47. The Morgan fingerprint density at radius 2 is 1.90 bits per heavy atom. The molecule has 0 aliphatic carbocycles. The summed E-state index contributed by atoms with van der Waals surface area (Å²) in [5.41, 5.74) is 3.78. The first-order valence-corrected chi connectivity index (χ1v) is 7.33. The van der Waals surface area contributed by atoms with Crippen molar-refractivity contribution in [2.75, 3.05) is 26.1 Å². The SMILES string of the molecule is COc1cc2c(c(OC)c1)NCC(Cc1ccccc1)C2. The number of ether oxygens (including phenoxy) is 2. The Morgan fingerprint density at radius 1 is 1.10 bits per heavy atom. The van der Waals surface area contributed by atoms with E-state index in [9.17, 15) is 0 Å². The Morgan fingerprint density at radius 3 is 2.62 bits per heavy atom. The molecule has 0 aromatic heterocycles. The molecule has 0 amide bonds. The molecular weight excluding hydrogens is 262 g/mol. The molecule has 1 heterocycles. The van der Waals surface area contributed by atoms with Gasteiger partial charge in [0.2, 0.25) is 0 Å². The minimum absolute atomic E-state index is 0.594. The van der Waals surface area contributed by atoms with Gasteiger partial charge in [0.15, 0.2) is 0 Å². The van der Waals surface area contributed by atoms with Crippen molar-refractivity contribution in [3.8, 4) is 11.5 Å². The third-order valence-electron chi connectivity index (χ3n) is 4.06. The number of anilines is 1. The fraction of sp³-hybridized carbons (Fsp3) is 0.333. The van der Waals surface area contributed by atoms with Gasteiger partial charge in [-0.2, -0.15) is 0 Å². The van der Waals surface area contributed by atoms with Crippen molar-refractivity contribution >= 4 is 5.69 Å². The second-order valence-electron chi connectivity index (χ2n) is 5.50. The predicted octanol–water partition coefficient (Wildman–Crippen LogP) is 3.53. The summed E-state index contributed by atoms with van der Waals surface area (Å²) >= 11 is 0.